The van der Waals surface area contributed by atoms with Gasteiger partial charge in [0.2, 0.25) is 5.91 Å². The summed E-state index contributed by atoms with van der Waals surface area (Å²) in [6.45, 7) is 5.02. The summed E-state index contributed by atoms with van der Waals surface area (Å²) in [5, 5.41) is 16.0. The normalized spacial score (nSPS) is 17.8. The lowest BCUT2D eigenvalue weighted by molar-refractivity contribution is -0.134. The molecular formula is C19H22FN7O. The topological polar surface area (TPSA) is 81.7 Å². The number of aryl methyl sites for hydroxylation is 2. The molecule has 1 aliphatic rings. The second kappa shape index (κ2) is 7.49. The highest BCUT2D eigenvalue weighted by atomic mass is 19.1. The van der Waals surface area contributed by atoms with Crippen LogP contribution in [0.15, 0.2) is 36.7 Å². The van der Waals surface area contributed by atoms with E-state index < -0.39 is 6.04 Å². The van der Waals surface area contributed by atoms with Crippen molar-refractivity contribution < 1.29 is 9.18 Å². The smallest absolute Gasteiger partial charge is 0.248 e. The first-order valence-corrected chi connectivity index (χ1v) is 9.29. The highest BCUT2D eigenvalue weighted by Gasteiger charge is 2.34. The quantitative estimate of drug-likeness (QED) is 0.672. The maximum atomic E-state index is 13.4. The minimum absolute atomic E-state index is 0.0360. The number of carbonyl (C=O) groups excluding carboxylic acids is 1. The van der Waals surface area contributed by atoms with Crippen LogP contribution in [-0.4, -0.2) is 53.9 Å². The number of rotatable bonds is 5. The van der Waals surface area contributed by atoms with Crippen molar-refractivity contribution in [1.29, 1.82) is 0 Å². The minimum Gasteiger partial charge on any atom is -0.339 e. The number of tetrazole rings is 1. The molecule has 4 rings (SSSR count). The van der Waals surface area contributed by atoms with E-state index >= 15 is 0 Å². The lowest BCUT2D eigenvalue weighted by Crippen LogP contribution is -2.38. The summed E-state index contributed by atoms with van der Waals surface area (Å²) >= 11 is 0. The first kappa shape index (κ1) is 18.3. The number of likely N-dealkylation sites (tertiary alicyclic amines) is 1. The van der Waals surface area contributed by atoms with Crippen molar-refractivity contribution in [3.8, 4) is 0 Å². The molecule has 3 heterocycles. The van der Waals surface area contributed by atoms with Crippen molar-refractivity contribution in [2.45, 2.75) is 38.8 Å². The van der Waals surface area contributed by atoms with Crippen molar-refractivity contribution in [2.75, 3.05) is 13.1 Å². The average molecular weight is 383 g/mol. The Morgan fingerprint density at radius 2 is 2.07 bits per heavy atom. The van der Waals surface area contributed by atoms with Gasteiger partial charge in [0.25, 0.3) is 0 Å². The van der Waals surface area contributed by atoms with Gasteiger partial charge in [-0.2, -0.15) is 5.10 Å². The van der Waals surface area contributed by atoms with Gasteiger partial charge in [0.05, 0.1) is 12.2 Å². The zero-order chi connectivity index (χ0) is 19.7. The van der Waals surface area contributed by atoms with Gasteiger partial charge in [0.1, 0.15) is 17.7 Å². The molecule has 2 atom stereocenters. The van der Waals surface area contributed by atoms with Crippen LogP contribution in [0.2, 0.25) is 0 Å². The Bertz CT molecular complexity index is 965. The van der Waals surface area contributed by atoms with E-state index in [4.69, 9.17) is 0 Å². The lowest BCUT2D eigenvalue weighted by Gasteiger charge is -2.24. The SMILES string of the molecule is Cc1cnn(C2CCN(C(=O)C(Cc3ccc(F)cc3)n3nnnc3C)C2)c1. The van der Waals surface area contributed by atoms with E-state index in [9.17, 15) is 9.18 Å². The molecule has 0 bridgehead atoms. The van der Waals surface area contributed by atoms with Crippen molar-refractivity contribution in [2.24, 2.45) is 0 Å². The Morgan fingerprint density at radius 1 is 1.29 bits per heavy atom. The van der Waals surface area contributed by atoms with Gasteiger partial charge >= 0.3 is 0 Å². The van der Waals surface area contributed by atoms with Crippen LogP contribution in [0.4, 0.5) is 4.39 Å². The van der Waals surface area contributed by atoms with E-state index in [1.807, 2.05) is 28.9 Å². The molecule has 1 amide bonds. The Labute approximate surface area is 162 Å². The van der Waals surface area contributed by atoms with E-state index in [1.54, 1.807) is 23.7 Å². The molecule has 0 aliphatic carbocycles. The van der Waals surface area contributed by atoms with E-state index in [2.05, 4.69) is 20.6 Å². The summed E-state index contributed by atoms with van der Waals surface area (Å²) < 4.78 is 16.7. The number of hydrogen-bond donors (Lipinski definition) is 0. The molecule has 1 saturated heterocycles. The highest BCUT2D eigenvalue weighted by molar-refractivity contribution is 5.81. The van der Waals surface area contributed by atoms with Crippen LogP contribution in [-0.2, 0) is 11.2 Å². The van der Waals surface area contributed by atoms with Crippen molar-refractivity contribution in [1.82, 2.24) is 34.9 Å². The first-order chi connectivity index (χ1) is 13.5. The maximum Gasteiger partial charge on any atom is 0.248 e. The van der Waals surface area contributed by atoms with Crippen LogP contribution < -0.4 is 0 Å². The summed E-state index contributed by atoms with van der Waals surface area (Å²) in [6, 6.07) is 5.77. The predicted molar refractivity (Wildman–Crippen MR) is 98.9 cm³/mol. The van der Waals surface area contributed by atoms with Gasteiger partial charge in [0, 0.05) is 25.7 Å². The molecule has 28 heavy (non-hydrogen) atoms. The Balaban J connectivity index is 1.55. The maximum absolute atomic E-state index is 13.4. The van der Waals surface area contributed by atoms with Crippen LogP contribution in [0, 0.1) is 19.7 Å². The van der Waals surface area contributed by atoms with Crippen LogP contribution in [0.5, 0.6) is 0 Å². The van der Waals surface area contributed by atoms with E-state index in [1.165, 1.54) is 12.1 Å². The molecule has 3 aromatic rings. The molecule has 0 spiro atoms. The number of nitrogens with zero attached hydrogens (tertiary/aromatic N) is 7. The van der Waals surface area contributed by atoms with Crippen LogP contribution >= 0.6 is 0 Å². The van der Waals surface area contributed by atoms with Gasteiger partial charge in [-0.05, 0) is 54.0 Å². The molecule has 146 valence electrons. The molecule has 0 saturated carbocycles. The molecule has 2 unspecified atom stereocenters. The zero-order valence-corrected chi connectivity index (χ0v) is 15.9. The average Bonchev–Trinajstić information content (AvgIpc) is 3.42. The standard InChI is InChI=1S/C19H22FN7O/c1-13-10-21-26(11-13)17-7-8-25(12-17)19(28)18(27-14(2)22-23-24-27)9-15-3-5-16(20)6-4-15/h3-6,10-11,17-18H,7-9,12H2,1-2H3. The summed E-state index contributed by atoms with van der Waals surface area (Å²) in [4.78, 5) is 15.2. The second-order valence-electron chi connectivity index (χ2n) is 7.24. The van der Waals surface area contributed by atoms with E-state index in [0.717, 1.165) is 17.5 Å². The molecule has 8 nitrogen and oxygen atoms in total. The van der Waals surface area contributed by atoms with Crippen molar-refractivity contribution in [3.63, 3.8) is 0 Å². The van der Waals surface area contributed by atoms with Gasteiger partial charge in [0.15, 0.2) is 0 Å². The van der Waals surface area contributed by atoms with Gasteiger partial charge in [-0.3, -0.25) is 9.48 Å². The number of amides is 1. The fraction of sp³-hybridized carbons (Fsp3) is 0.421. The zero-order valence-electron chi connectivity index (χ0n) is 15.9. The third-order valence-electron chi connectivity index (χ3n) is 5.16. The van der Waals surface area contributed by atoms with Gasteiger partial charge in [-0.15, -0.1) is 5.10 Å². The molecule has 0 N–H and O–H groups in total. The van der Waals surface area contributed by atoms with Crippen molar-refractivity contribution >= 4 is 5.91 Å². The Kier molecular flexibility index (Phi) is 4.89. The summed E-state index contributed by atoms with van der Waals surface area (Å²) in [7, 11) is 0. The molecule has 1 aromatic carbocycles. The number of hydrogen-bond acceptors (Lipinski definition) is 5. The van der Waals surface area contributed by atoms with Crippen LogP contribution in [0.3, 0.4) is 0 Å². The fourth-order valence-corrected chi connectivity index (χ4v) is 3.65. The summed E-state index contributed by atoms with van der Waals surface area (Å²) in [5.74, 6) is 0.229. The molecule has 1 aliphatic heterocycles. The fourth-order valence-electron chi connectivity index (χ4n) is 3.65. The molecular weight excluding hydrogens is 361 g/mol. The van der Waals surface area contributed by atoms with Gasteiger partial charge in [-0.1, -0.05) is 12.1 Å². The van der Waals surface area contributed by atoms with Gasteiger partial charge in [-0.25, -0.2) is 9.07 Å². The largest absolute Gasteiger partial charge is 0.339 e. The number of benzene rings is 1. The van der Waals surface area contributed by atoms with Crippen LogP contribution in [0.1, 0.15) is 35.5 Å². The summed E-state index contributed by atoms with van der Waals surface area (Å²) in [5.41, 5.74) is 1.95. The third-order valence-corrected chi connectivity index (χ3v) is 5.16. The Morgan fingerprint density at radius 3 is 2.71 bits per heavy atom. The predicted octanol–water partition coefficient (Wildman–Crippen LogP) is 1.88. The number of aromatic nitrogens is 6. The van der Waals surface area contributed by atoms with E-state index in [0.29, 0.717) is 25.3 Å². The first-order valence-electron chi connectivity index (χ1n) is 9.29. The highest BCUT2D eigenvalue weighted by Crippen LogP contribution is 2.26. The Hall–Kier alpha value is -3.10. The molecule has 0 radical (unpaired) electrons. The molecule has 2 aromatic heterocycles. The number of carbonyl (C=O) groups is 1. The van der Waals surface area contributed by atoms with E-state index in [-0.39, 0.29) is 17.8 Å². The third kappa shape index (κ3) is 3.64. The second-order valence-corrected chi connectivity index (χ2v) is 7.24. The number of halogens is 1. The molecule has 9 heteroatoms. The van der Waals surface area contributed by atoms with Crippen molar-refractivity contribution in [3.05, 3.63) is 59.4 Å². The minimum atomic E-state index is -0.571. The van der Waals surface area contributed by atoms with Gasteiger partial charge < -0.3 is 4.90 Å². The lowest BCUT2D eigenvalue weighted by atomic mass is 10.0. The monoisotopic (exact) mass is 383 g/mol. The van der Waals surface area contributed by atoms with Crippen LogP contribution in [0.25, 0.3) is 0 Å². The molecule has 1 fully saturated rings. The summed E-state index contributed by atoms with van der Waals surface area (Å²) in [6.07, 6.45) is 5.07.